The largest absolute Gasteiger partial charge is 0.325 e. The number of amides is 1. The highest BCUT2D eigenvalue weighted by atomic mass is 32.2. The summed E-state index contributed by atoms with van der Waals surface area (Å²) in [7, 11) is 0. The molecule has 1 amide bonds. The van der Waals surface area contributed by atoms with Gasteiger partial charge in [0.25, 0.3) is 0 Å². The highest BCUT2D eigenvalue weighted by Gasteiger charge is 2.14. The van der Waals surface area contributed by atoms with Gasteiger partial charge < -0.3 is 5.32 Å². The van der Waals surface area contributed by atoms with Gasteiger partial charge in [-0.1, -0.05) is 29.1 Å². The summed E-state index contributed by atoms with van der Waals surface area (Å²) in [5, 5.41) is 11.4. The number of hydrogen-bond donors (Lipinski definition) is 1. The number of rotatable bonds is 6. The average Bonchev–Trinajstić information content (AvgIpc) is 3.13. The van der Waals surface area contributed by atoms with Crippen molar-refractivity contribution in [2.24, 2.45) is 0 Å². The smallest absolute Gasteiger partial charge is 0.234 e. The number of hydrogen-bond acceptors (Lipinski definition) is 6. The van der Waals surface area contributed by atoms with Gasteiger partial charge in [-0.15, -0.1) is 5.10 Å². The number of nitrogens with one attached hydrogen (secondary N) is 1. The third-order valence-electron chi connectivity index (χ3n) is 3.98. The number of carbonyl (C=O) groups excluding carboxylic acids is 1. The lowest BCUT2D eigenvalue weighted by Crippen LogP contribution is -2.14. The predicted octanol–water partition coefficient (Wildman–Crippen LogP) is 3.28. The van der Waals surface area contributed by atoms with E-state index in [9.17, 15) is 13.6 Å². The van der Waals surface area contributed by atoms with E-state index in [0.717, 1.165) is 5.56 Å². The molecule has 0 spiro atoms. The summed E-state index contributed by atoms with van der Waals surface area (Å²) in [5.74, 6) is -0.845. The summed E-state index contributed by atoms with van der Waals surface area (Å²) in [4.78, 5) is 20.5. The Kier molecular flexibility index (Phi) is 5.43. The van der Waals surface area contributed by atoms with Gasteiger partial charge in [-0.2, -0.15) is 0 Å². The van der Waals surface area contributed by atoms with Crippen LogP contribution < -0.4 is 5.32 Å². The van der Waals surface area contributed by atoms with E-state index in [1.54, 1.807) is 16.8 Å². The van der Waals surface area contributed by atoms with Crippen LogP contribution in [-0.4, -0.2) is 36.6 Å². The maximum Gasteiger partial charge on any atom is 0.234 e. The zero-order valence-electron chi connectivity index (χ0n) is 14.9. The Hall–Kier alpha value is -3.40. The van der Waals surface area contributed by atoms with Crippen LogP contribution in [0.4, 0.5) is 14.5 Å². The van der Waals surface area contributed by atoms with Crippen molar-refractivity contribution in [3.05, 3.63) is 72.1 Å². The molecule has 0 bridgehead atoms. The molecule has 10 heteroatoms. The molecule has 0 fully saturated rings. The second-order valence-electron chi connectivity index (χ2n) is 6.07. The van der Waals surface area contributed by atoms with Gasteiger partial charge in [-0.25, -0.2) is 23.4 Å². The molecule has 7 nitrogen and oxygen atoms in total. The molecule has 0 radical (unpaired) electrons. The van der Waals surface area contributed by atoms with E-state index in [4.69, 9.17) is 0 Å². The van der Waals surface area contributed by atoms with Crippen LogP contribution >= 0.6 is 11.8 Å². The summed E-state index contributed by atoms with van der Waals surface area (Å²) < 4.78 is 27.6. The quantitative estimate of drug-likeness (QED) is 0.386. The van der Waals surface area contributed by atoms with Crippen molar-refractivity contribution in [2.45, 2.75) is 11.6 Å². The van der Waals surface area contributed by atoms with Crippen molar-refractivity contribution in [3.8, 4) is 0 Å². The van der Waals surface area contributed by atoms with Crippen LogP contribution in [0.5, 0.6) is 0 Å². The number of aromatic nitrogens is 5. The van der Waals surface area contributed by atoms with Crippen LogP contribution in [0.2, 0.25) is 0 Å². The van der Waals surface area contributed by atoms with Crippen molar-refractivity contribution >= 4 is 34.5 Å². The van der Waals surface area contributed by atoms with Gasteiger partial charge in [0.2, 0.25) is 5.91 Å². The molecule has 4 aromatic rings. The molecule has 2 heterocycles. The number of fused-ring (bicyclic) bond motifs is 1. The Balaban J connectivity index is 1.45. The Labute approximate surface area is 168 Å². The Morgan fingerprint density at radius 1 is 1.00 bits per heavy atom. The van der Waals surface area contributed by atoms with E-state index in [0.29, 0.717) is 28.4 Å². The average molecular weight is 412 g/mol. The first-order chi connectivity index (χ1) is 14.1. The molecule has 29 heavy (non-hydrogen) atoms. The van der Waals surface area contributed by atoms with E-state index in [1.165, 1.54) is 54.5 Å². The monoisotopic (exact) mass is 412 g/mol. The molecular formula is C19H14F2N6OS. The Morgan fingerprint density at radius 3 is 2.41 bits per heavy atom. The summed E-state index contributed by atoms with van der Waals surface area (Å²) in [6.07, 6.45) is 1.38. The molecule has 0 saturated carbocycles. The number of carbonyl (C=O) groups is 1. The normalized spacial score (nSPS) is 11.0. The summed E-state index contributed by atoms with van der Waals surface area (Å²) in [6, 6.07) is 11.6. The van der Waals surface area contributed by atoms with Crippen LogP contribution in [0.1, 0.15) is 5.56 Å². The number of thioether (sulfide) groups is 1. The summed E-state index contributed by atoms with van der Waals surface area (Å²) in [5.41, 5.74) is 2.36. The fraction of sp³-hybridized carbons (Fsp3) is 0.105. The van der Waals surface area contributed by atoms with Crippen molar-refractivity contribution in [1.29, 1.82) is 0 Å². The minimum atomic E-state index is -0.371. The third-order valence-corrected chi connectivity index (χ3v) is 4.96. The number of nitrogens with zero attached hydrogens (tertiary/aromatic N) is 5. The van der Waals surface area contributed by atoms with Crippen molar-refractivity contribution < 1.29 is 13.6 Å². The number of anilines is 1. The minimum Gasteiger partial charge on any atom is -0.325 e. The molecule has 2 aromatic carbocycles. The summed E-state index contributed by atoms with van der Waals surface area (Å²) >= 11 is 1.20. The lowest BCUT2D eigenvalue weighted by atomic mass is 10.2. The maximum atomic E-state index is 13.1. The zero-order chi connectivity index (χ0) is 20.2. The molecule has 146 valence electrons. The van der Waals surface area contributed by atoms with Gasteiger partial charge in [0.05, 0.1) is 12.3 Å². The van der Waals surface area contributed by atoms with Crippen molar-refractivity contribution in [2.75, 3.05) is 11.1 Å². The van der Waals surface area contributed by atoms with Crippen LogP contribution in [-0.2, 0) is 11.3 Å². The van der Waals surface area contributed by atoms with Gasteiger partial charge in [-0.05, 0) is 42.0 Å². The molecular weight excluding hydrogens is 398 g/mol. The first-order valence-corrected chi connectivity index (χ1v) is 9.54. The molecule has 4 rings (SSSR count). The van der Waals surface area contributed by atoms with E-state index in [2.05, 4.69) is 25.6 Å². The Morgan fingerprint density at radius 2 is 1.69 bits per heavy atom. The predicted molar refractivity (Wildman–Crippen MR) is 104 cm³/mol. The number of halogens is 2. The first-order valence-electron chi connectivity index (χ1n) is 8.55. The van der Waals surface area contributed by atoms with Crippen molar-refractivity contribution in [1.82, 2.24) is 25.0 Å². The molecule has 0 aliphatic carbocycles. The summed E-state index contributed by atoms with van der Waals surface area (Å²) in [6.45, 7) is 0.378. The maximum absolute atomic E-state index is 13.1. The Bertz CT molecular complexity index is 1150. The highest BCUT2D eigenvalue weighted by Crippen LogP contribution is 2.23. The molecule has 0 unspecified atom stereocenters. The van der Waals surface area contributed by atoms with Crippen molar-refractivity contribution in [3.63, 3.8) is 0 Å². The van der Waals surface area contributed by atoms with Crippen LogP contribution in [0.25, 0.3) is 11.2 Å². The van der Waals surface area contributed by atoms with Gasteiger partial charge >= 0.3 is 0 Å². The lowest BCUT2D eigenvalue weighted by molar-refractivity contribution is -0.113. The SMILES string of the molecule is O=C(CSc1ncnc2c1nnn2Cc1ccc(F)cc1)Nc1ccc(F)cc1. The third kappa shape index (κ3) is 4.54. The van der Waals surface area contributed by atoms with E-state index < -0.39 is 0 Å². The zero-order valence-corrected chi connectivity index (χ0v) is 15.7. The van der Waals surface area contributed by atoms with Gasteiger partial charge in [-0.3, -0.25) is 4.79 Å². The van der Waals surface area contributed by atoms with E-state index in [1.807, 2.05) is 0 Å². The molecule has 0 aliphatic heterocycles. The second-order valence-corrected chi connectivity index (χ2v) is 7.03. The topological polar surface area (TPSA) is 85.6 Å². The van der Waals surface area contributed by atoms with E-state index in [-0.39, 0.29) is 23.3 Å². The van der Waals surface area contributed by atoms with Gasteiger partial charge in [0.15, 0.2) is 11.2 Å². The molecule has 0 atom stereocenters. The molecule has 0 saturated heterocycles. The van der Waals surface area contributed by atoms with Gasteiger partial charge in [0.1, 0.15) is 23.0 Å². The second kappa shape index (κ2) is 8.31. The van der Waals surface area contributed by atoms with E-state index >= 15 is 0 Å². The molecule has 0 aliphatic rings. The minimum absolute atomic E-state index is 0.0916. The number of benzene rings is 2. The molecule has 2 aromatic heterocycles. The van der Waals surface area contributed by atoms with Crippen LogP contribution in [0.15, 0.2) is 59.9 Å². The first kappa shape index (κ1) is 18.9. The van der Waals surface area contributed by atoms with Crippen LogP contribution in [0, 0.1) is 11.6 Å². The van der Waals surface area contributed by atoms with Crippen LogP contribution in [0.3, 0.4) is 0 Å². The lowest BCUT2D eigenvalue weighted by Gasteiger charge is -2.05. The standard InChI is InChI=1S/C19H14F2N6OS/c20-13-3-1-12(2-4-13)9-27-18-17(25-26-27)19(23-11-22-18)29-10-16(28)24-15-7-5-14(21)6-8-15/h1-8,11H,9-10H2,(H,24,28). The van der Waals surface area contributed by atoms with Gasteiger partial charge in [0, 0.05) is 5.69 Å². The fourth-order valence-corrected chi connectivity index (χ4v) is 3.34. The fourth-order valence-electron chi connectivity index (χ4n) is 2.61. The molecule has 1 N–H and O–H groups in total. The highest BCUT2D eigenvalue weighted by molar-refractivity contribution is 8.00.